The fraction of sp³-hybridized carbons (Fsp3) is 0.190. The SMILES string of the molecule is Cc1[nH]ncc1-c1ccc2cc(C(=O)NC(C)c3ccccc3C(F)F)[nH]c2n1. The molecule has 0 spiro atoms. The van der Waals surface area contributed by atoms with Gasteiger partial charge in [-0.25, -0.2) is 13.8 Å². The second-order valence-corrected chi connectivity index (χ2v) is 6.85. The van der Waals surface area contributed by atoms with Gasteiger partial charge >= 0.3 is 0 Å². The first-order chi connectivity index (χ1) is 13.9. The van der Waals surface area contributed by atoms with Crippen LogP contribution < -0.4 is 5.32 Å². The second kappa shape index (κ2) is 7.46. The third kappa shape index (κ3) is 3.61. The van der Waals surface area contributed by atoms with Crippen LogP contribution in [-0.2, 0) is 0 Å². The van der Waals surface area contributed by atoms with Crippen molar-refractivity contribution >= 4 is 16.9 Å². The minimum atomic E-state index is -2.60. The van der Waals surface area contributed by atoms with Gasteiger partial charge in [0.25, 0.3) is 12.3 Å². The van der Waals surface area contributed by atoms with Gasteiger partial charge in [-0.2, -0.15) is 5.10 Å². The highest BCUT2D eigenvalue weighted by molar-refractivity contribution is 5.97. The van der Waals surface area contributed by atoms with Crippen LogP contribution in [0.5, 0.6) is 0 Å². The van der Waals surface area contributed by atoms with Crippen molar-refractivity contribution in [1.29, 1.82) is 0 Å². The molecule has 3 heterocycles. The molecule has 148 valence electrons. The van der Waals surface area contributed by atoms with Crippen LogP contribution in [0.1, 0.15) is 46.7 Å². The van der Waals surface area contributed by atoms with E-state index in [4.69, 9.17) is 0 Å². The first-order valence-electron chi connectivity index (χ1n) is 9.12. The van der Waals surface area contributed by atoms with E-state index in [1.807, 2.05) is 19.1 Å². The number of hydrogen-bond acceptors (Lipinski definition) is 3. The van der Waals surface area contributed by atoms with Gasteiger partial charge < -0.3 is 10.3 Å². The molecule has 3 aromatic heterocycles. The average Bonchev–Trinajstić information content (AvgIpc) is 3.33. The summed E-state index contributed by atoms with van der Waals surface area (Å²) in [6.07, 6.45) is -0.907. The van der Waals surface area contributed by atoms with E-state index in [0.29, 0.717) is 16.9 Å². The Morgan fingerprint density at radius 1 is 1.14 bits per heavy atom. The first kappa shape index (κ1) is 18.8. The second-order valence-electron chi connectivity index (χ2n) is 6.85. The number of carbonyl (C=O) groups excluding carboxylic acids is 1. The Morgan fingerprint density at radius 2 is 1.90 bits per heavy atom. The maximum Gasteiger partial charge on any atom is 0.268 e. The van der Waals surface area contributed by atoms with E-state index in [1.165, 1.54) is 6.07 Å². The van der Waals surface area contributed by atoms with Crippen molar-refractivity contribution in [3.63, 3.8) is 0 Å². The molecule has 1 atom stereocenters. The summed E-state index contributed by atoms with van der Waals surface area (Å²) < 4.78 is 26.5. The molecule has 0 saturated carbocycles. The number of benzene rings is 1. The standard InChI is InChI=1S/C21H19F2N5O/c1-11(14-5-3-4-6-15(14)19(22)23)25-21(29)18-9-13-7-8-17(26-20(13)27-18)16-10-24-28-12(16)2/h3-11,19H,1-2H3,(H,24,28)(H,25,29)(H,26,27). The molecule has 4 aromatic rings. The van der Waals surface area contributed by atoms with E-state index in [2.05, 4.69) is 25.5 Å². The molecule has 0 aliphatic rings. The Balaban J connectivity index is 1.58. The van der Waals surface area contributed by atoms with Crippen LogP contribution in [0.15, 0.2) is 48.7 Å². The third-order valence-corrected chi connectivity index (χ3v) is 4.88. The molecular formula is C21H19F2N5O. The highest BCUT2D eigenvalue weighted by Gasteiger charge is 2.20. The molecule has 0 aliphatic carbocycles. The predicted molar refractivity (Wildman–Crippen MR) is 106 cm³/mol. The quantitative estimate of drug-likeness (QED) is 0.458. The lowest BCUT2D eigenvalue weighted by atomic mass is 10.0. The van der Waals surface area contributed by atoms with Crippen LogP contribution >= 0.6 is 0 Å². The molecule has 0 saturated heterocycles. The number of halogens is 2. The molecule has 1 aromatic carbocycles. The van der Waals surface area contributed by atoms with E-state index in [9.17, 15) is 13.6 Å². The van der Waals surface area contributed by atoms with Crippen molar-refractivity contribution < 1.29 is 13.6 Å². The number of carbonyl (C=O) groups is 1. The number of amides is 1. The first-order valence-corrected chi connectivity index (χ1v) is 9.12. The predicted octanol–water partition coefficient (Wildman–Crippen LogP) is 4.69. The lowest BCUT2D eigenvalue weighted by Crippen LogP contribution is -2.27. The maximum absolute atomic E-state index is 13.2. The van der Waals surface area contributed by atoms with Crippen molar-refractivity contribution in [2.45, 2.75) is 26.3 Å². The van der Waals surface area contributed by atoms with E-state index in [0.717, 1.165) is 22.3 Å². The van der Waals surface area contributed by atoms with Crippen molar-refractivity contribution in [2.75, 3.05) is 0 Å². The molecule has 3 N–H and O–H groups in total. The Bertz CT molecular complexity index is 1180. The zero-order valence-corrected chi connectivity index (χ0v) is 15.8. The van der Waals surface area contributed by atoms with Gasteiger partial charge in [0.2, 0.25) is 0 Å². The molecule has 0 radical (unpaired) electrons. The van der Waals surface area contributed by atoms with Crippen LogP contribution in [-0.4, -0.2) is 26.1 Å². The van der Waals surface area contributed by atoms with Crippen molar-refractivity contribution in [2.24, 2.45) is 0 Å². The fourth-order valence-corrected chi connectivity index (χ4v) is 3.34. The topological polar surface area (TPSA) is 86.5 Å². The summed E-state index contributed by atoms with van der Waals surface area (Å²) in [7, 11) is 0. The van der Waals surface area contributed by atoms with Crippen molar-refractivity contribution in [1.82, 2.24) is 25.5 Å². The van der Waals surface area contributed by atoms with E-state index < -0.39 is 12.5 Å². The van der Waals surface area contributed by atoms with Gasteiger partial charge in [-0.05, 0) is 37.6 Å². The number of aromatic amines is 2. The molecule has 4 rings (SSSR count). The van der Waals surface area contributed by atoms with Crippen LogP contribution in [0.3, 0.4) is 0 Å². The molecule has 8 heteroatoms. The van der Waals surface area contributed by atoms with Crippen LogP contribution in [0.4, 0.5) is 8.78 Å². The van der Waals surface area contributed by atoms with Crippen LogP contribution in [0.25, 0.3) is 22.3 Å². The molecule has 6 nitrogen and oxygen atoms in total. The van der Waals surface area contributed by atoms with Gasteiger partial charge in [0.15, 0.2) is 0 Å². The van der Waals surface area contributed by atoms with Gasteiger partial charge in [-0.3, -0.25) is 9.89 Å². The molecular weight excluding hydrogens is 376 g/mol. The number of fused-ring (bicyclic) bond motifs is 1. The summed E-state index contributed by atoms with van der Waals surface area (Å²) >= 11 is 0. The fourth-order valence-electron chi connectivity index (χ4n) is 3.34. The monoisotopic (exact) mass is 395 g/mol. The number of aromatic nitrogens is 4. The number of alkyl halides is 2. The van der Waals surface area contributed by atoms with Gasteiger partial charge in [-0.15, -0.1) is 0 Å². The molecule has 0 fully saturated rings. The molecule has 0 aliphatic heterocycles. The summed E-state index contributed by atoms with van der Waals surface area (Å²) in [6.45, 7) is 3.58. The van der Waals surface area contributed by atoms with Crippen molar-refractivity contribution in [3.8, 4) is 11.3 Å². The minimum absolute atomic E-state index is 0.0845. The Hall–Kier alpha value is -3.55. The van der Waals surface area contributed by atoms with Gasteiger partial charge in [0, 0.05) is 22.2 Å². The lowest BCUT2D eigenvalue weighted by molar-refractivity contribution is 0.0933. The van der Waals surface area contributed by atoms with Crippen LogP contribution in [0, 0.1) is 6.92 Å². The average molecular weight is 395 g/mol. The summed E-state index contributed by atoms with van der Waals surface area (Å²) in [6, 6.07) is 11.0. The number of nitrogens with one attached hydrogen (secondary N) is 3. The number of aryl methyl sites for hydroxylation is 1. The number of nitrogens with zero attached hydrogens (tertiary/aromatic N) is 2. The van der Waals surface area contributed by atoms with E-state index >= 15 is 0 Å². The highest BCUT2D eigenvalue weighted by atomic mass is 19.3. The molecule has 0 bridgehead atoms. The number of H-pyrrole nitrogens is 2. The molecule has 1 amide bonds. The zero-order chi connectivity index (χ0) is 20.5. The molecule has 1 unspecified atom stereocenters. The van der Waals surface area contributed by atoms with Gasteiger partial charge in [0.05, 0.1) is 17.9 Å². The zero-order valence-electron chi connectivity index (χ0n) is 15.8. The minimum Gasteiger partial charge on any atom is -0.344 e. The summed E-state index contributed by atoms with van der Waals surface area (Å²) in [5, 5.41) is 10.4. The van der Waals surface area contributed by atoms with Gasteiger partial charge in [-0.1, -0.05) is 24.3 Å². The Morgan fingerprint density at radius 3 is 2.59 bits per heavy atom. The summed E-state index contributed by atoms with van der Waals surface area (Å²) in [5.41, 5.74) is 3.69. The molecule has 29 heavy (non-hydrogen) atoms. The summed E-state index contributed by atoms with van der Waals surface area (Å²) in [5.74, 6) is -0.388. The van der Waals surface area contributed by atoms with E-state index in [1.54, 1.807) is 37.4 Å². The maximum atomic E-state index is 13.2. The number of rotatable bonds is 5. The Labute approximate surface area is 165 Å². The summed E-state index contributed by atoms with van der Waals surface area (Å²) in [4.78, 5) is 20.2. The van der Waals surface area contributed by atoms with Crippen LogP contribution in [0.2, 0.25) is 0 Å². The van der Waals surface area contributed by atoms with Crippen molar-refractivity contribution in [3.05, 3.63) is 71.2 Å². The Kier molecular flexibility index (Phi) is 4.84. The third-order valence-electron chi connectivity index (χ3n) is 4.88. The number of hydrogen-bond donors (Lipinski definition) is 3. The number of pyridine rings is 1. The normalized spacial score (nSPS) is 12.4. The van der Waals surface area contributed by atoms with Gasteiger partial charge in [0.1, 0.15) is 11.3 Å². The van der Waals surface area contributed by atoms with E-state index in [-0.39, 0.29) is 11.5 Å². The highest BCUT2D eigenvalue weighted by Crippen LogP contribution is 2.28. The lowest BCUT2D eigenvalue weighted by Gasteiger charge is -2.17. The smallest absolute Gasteiger partial charge is 0.268 e. The largest absolute Gasteiger partial charge is 0.344 e.